The predicted molar refractivity (Wildman–Crippen MR) is 46.8 cm³/mol. The van der Waals surface area contributed by atoms with Crippen LogP contribution in [0.25, 0.3) is 0 Å². The van der Waals surface area contributed by atoms with Crippen molar-refractivity contribution >= 4 is 0 Å². The normalized spacial score (nSPS) is 12.0. The van der Waals surface area contributed by atoms with Gasteiger partial charge in [0.05, 0.1) is 0 Å². The molecule has 0 heterocycles. The number of terminal acetylenes is 1. The molecule has 0 spiro atoms. The molecule has 1 heteroatoms. The SMILES string of the molecule is C#CC[C@H](N)c1ccccc1. The van der Waals surface area contributed by atoms with Crippen molar-refractivity contribution in [2.75, 3.05) is 0 Å². The van der Waals surface area contributed by atoms with Crippen LogP contribution in [0.3, 0.4) is 0 Å². The fourth-order valence-corrected chi connectivity index (χ4v) is 0.945. The summed E-state index contributed by atoms with van der Waals surface area (Å²) in [7, 11) is 0. The molecule has 1 atom stereocenters. The smallest absolute Gasteiger partial charge is 0.0405 e. The molecule has 0 saturated carbocycles. The maximum atomic E-state index is 5.76. The van der Waals surface area contributed by atoms with Gasteiger partial charge in [0.15, 0.2) is 0 Å². The van der Waals surface area contributed by atoms with Gasteiger partial charge in [0.1, 0.15) is 0 Å². The number of nitrogens with two attached hydrogens (primary N) is 1. The Balaban J connectivity index is 2.70. The summed E-state index contributed by atoms with van der Waals surface area (Å²) in [6.07, 6.45) is 5.74. The molecule has 0 aromatic heterocycles. The second-order valence-electron chi connectivity index (χ2n) is 2.43. The van der Waals surface area contributed by atoms with Crippen LogP contribution in [0.1, 0.15) is 18.0 Å². The van der Waals surface area contributed by atoms with Crippen LogP contribution >= 0.6 is 0 Å². The molecule has 1 rings (SSSR count). The van der Waals surface area contributed by atoms with Crippen molar-refractivity contribution in [3.05, 3.63) is 35.9 Å². The summed E-state index contributed by atoms with van der Waals surface area (Å²) in [6.45, 7) is 0. The second kappa shape index (κ2) is 3.80. The Labute approximate surface area is 67.2 Å². The van der Waals surface area contributed by atoms with Crippen molar-refractivity contribution in [1.29, 1.82) is 0 Å². The highest BCUT2D eigenvalue weighted by atomic mass is 14.6. The molecule has 2 N–H and O–H groups in total. The monoisotopic (exact) mass is 145 g/mol. The minimum atomic E-state index is -0.0128. The first-order valence-corrected chi connectivity index (χ1v) is 3.58. The summed E-state index contributed by atoms with van der Waals surface area (Å²) in [4.78, 5) is 0. The summed E-state index contributed by atoms with van der Waals surface area (Å²) in [5, 5.41) is 0. The lowest BCUT2D eigenvalue weighted by Crippen LogP contribution is -2.08. The lowest BCUT2D eigenvalue weighted by atomic mass is 10.1. The van der Waals surface area contributed by atoms with Gasteiger partial charge in [0, 0.05) is 12.5 Å². The number of rotatable bonds is 2. The van der Waals surface area contributed by atoms with Crippen LogP contribution in [0.4, 0.5) is 0 Å². The highest BCUT2D eigenvalue weighted by molar-refractivity contribution is 5.19. The highest BCUT2D eigenvalue weighted by Gasteiger charge is 2.00. The minimum Gasteiger partial charge on any atom is -0.323 e. The van der Waals surface area contributed by atoms with Crippen molar-refractivity contribution in [3.63, 3.8) is 0 Å². The van der Waals surface area contributed by atoms with E-state index in [1.165, 1.54) is 0 Å². The fourth-order valence-electron chi connectivity index (χ4n) is 0.945. The number of hydrogen-bond acceptors (Lipinski definition) is 1. The van der Waals surface area contributed by atoms with Crippen molar-refractivity contribution in [2.45, 2.75) is 12.5 Å². The average molecular weight is 145 g/mol. The molecule has 0 fully saturated rings. The molecule has 0 saturated heterocycles. The zero-order valence-electron chi connectivity index (χ0n) is 6.33. The lowest BCUT2D eigenvalue weighted by Gasteiger charge is -2.06. The summed E-state index contributed by atoms with van der Waals surface area (Å²) in [6, 6.07) is 9.86. The Morgan fingerprint density at radius 2 is 2.00 bits per heavy atom. The number of benzene rings is 1. The van der Waals surface area contributed by atoms with Gasteiger partial charge in [-0.1, -0.05) is 30.3 Å². The van der Waals surface area contributed by atoms with E-state index in [1.807, 2.05) is 30.3 Å². The third-order valence-electron chi connectivity index (χ3n) is 1.57. The van der Waals surface area contributed by atoms with E-state index in [-0.39, 0.29) is 6.04 Å². The van der Waals surface area contributed by atoms with Crippen LogP contribution in [0.5, 0.6) is 0 Å². The first-order chi connectivity index (χ1) is 5.34. The van der Waals surface area contributed by atoms with E-state index in [0.29, 0.717) is 6.42 Å². The molecule has 0 aliphatic heterocycles. The van der Waals surface area contributed by atoms with Crippen molar-refractivity contribution in [2.24, 2.45) is 5.73 Å². The Morgan fingerprint density at radius 1 is 1.36 bits per heavy atom. The summed E-state index contributed by atoms with van der Waals surface area (Å²) in [5.74, 6) is 2.54. The fraction of sp³-hybridized carbons (Fsp3) is 0.200. The van der Waals surface area contributed by atoms with Crippen molar-refractivity contribution in [3.8, 4) is 12.3 Å². The topological polar surface area (TPSA) is 26.0 Å². The lowest BCUT2D eigenvalue weighted by molar-refractivity contribution is 0.755. The molecule has 1 aromatic rings. The van der Waals surface area contributed by atoms with Crippen molar-refractivity contribution in [1.82, 2.24) is 0 Å². The molecule has 1 nitrogen and oxygen atoms in total. The van der Waals surface area contributed by atoms with Crippen molar-refractivity contribution < 1.29 is 0 Å². The molecule has 0 aliphatic rings. The van der Waals surface area contributed by atoms with Gasteiger partial charge >= 0.3 is 0 Å². The summed E-state index contributed by atoms with van der Waals surface area (Å²) < 4.78 is 0. The van der Waals surface area contributed by atoms with Gasteiger partial charge in [-0.05, 0) is 5.56 Å². The standard InChI is InChI=1S/C10H11N/c1-2-6-10(11)9-7-4-3-5-8-9/h1,3-5,7-8,10H,6,11H2/t10-/m0/s1. The first-order valence-electron chi connectivity index (χ1n) is 3.58. The van der Waals surface area contributed by atoms with Crippen LogP contribution in [0, 0.1) is 12.3 Å². The molecule has 0 radical (unpaired) electrons. The van der Waals surface area contributed by atoms with E-state index in [9.17, 15) is 0 Å². The van der Waals surface area contributed by atoms with E-state index in [2.05, 4.69) is 5.92 Å². The minimum absolute atomic E-state index is 0.0128. The van der Waals surface area contributed by atoms with Gasteiger partial charge in [-0.2, -0.15) is 0 Å². The highest BCUT2D eigenvalue weighted by Crippen LogP contribution is 2.11. The van der Waals surface area contributed by atoms with E-state index >= 15 is 0 Å². The third-order valence-corrected chi connectivity index (χ3v) is 1.57. The zero-order valence-corrected chi connectivity index (χ0v) is 6.33. The zero-order chi connectivity index (χ0) is 8.10. The molecule has 11 heavy (non-hydrogen) atoms. The largest absolute Gasteiger partial charge is 0.323 e. The molecule has 56 valence electrons. The molecule has 0 amide bonds. The molecular weight excluding hydrogens is 134 g/mol. The first kappa shape index (κ1) is 7.84. The van der Waals surface area contributed by atoms with Gasteiger partial charge < -0.3 is 5.73 Å². The second-order valence-corrected chi connectivity index (χ2v) is 2.43. The van der Waals surface area contributed by atoms with Crippen LogP contribution in [0.2, 0.25) is 0 Å². The van der Waals surface area contributed by atoms with Gasteiger partial charge in [-0.25, -0.2) is 0 Å². The molecule has 0 bridgehead atoms. The quantitative estimate of drug-likeness (QED) is 0.630. The van der Waals surface area contributed by atoms with Crippen LogP contribution in [0.15, 0.2) is 30.3 Å². The third kappa shape index (κ3) is 2.10. The Kier molecular flexibility index (Phi) is 2.71. The maximum Gasteiger partial charge on any atom is 0.0405 e. The van der Waals surface area contributed by atoms with Crippen LogP contribution in [-0.4, -0.2) is 0 Å². The molecule has 0 aliphatic carbocycles. The molecule has 0 unspecified atom stereocenters. The number of hydrogen-bond donors (Lipinski definition) is 1. The Morgan fingerprint density at radius 3 is 2.55 bits per heavy atom. The summed E-state index contributed by atoms with van der Waals surface area (Å²) in [5.41, 5.74) is 6.87. The molecular formula is C10H11N. The van der Waals surface area contributed by atoms with Crippen LogP contribution < -0.4 is 5.73 Å². The van der Waals surface area contributed by atoms with E-state index in [4.69, 9.17) is 12.2 Å². The maximum absolute atomic E-state index is 5.76. The van der Waals surface area contributed by atoms with Gasteiger partial charge in [0.2, 0.25) is 0 Å². The van der Waals surface area contributed by atoms with Gasteiger partial charge in [0.25, 0.3) is 0 Å². The van der Waals surface area contributed by atoms with E-state index in [0.717, 1.165) is 5.56 Å². The Hall–Kier alpha value is -1.26. The van der Waals surface area contributed by atoms with E-state index < -0.39 is 0 Å². The summed E-state index contributed by atoms with van der Waals surface area (Å²) >= 11 is 0. The van der Waals surface area contributed by atoms with Gasteiger partial charge in [-0.15, -0.1) is 12.3 Å². The van der Waals surface area contributed by atoms with Gasteiger partial charge in [-0.3, -0.25) is 0 Å². The molecule has 1 aromatic carbocycles. The van der Waals surface area contributed by atoms with E-state index in [1.54, 1.807) is 0 Å². The predicted octanol–water partition coefficient (Wildman–Crippen LogP) is 1.71. The average Bonchev–Trinajstić information content (AvgIpc) is 2.07. The van der Waals surface area contributed by atoms with Crippen LogP contribution in [-0.2, 0) is 0 Å². The Bertz CT molecular complexity index is 245.